The van der Waals surface area contributed by atoms with E-state index in [1.54, 1.807) is 6.07 Å². The van der Waals surface area contributed by atoms with Gasteiger partial charge in [0.25, 0.3) is 0 Å². The van der Waals surface area contributed by atoms with E-state index in [2.05, 4.69) is 16.8 Å². The molecule has 21 heavy (non-hydrogen) atoms. The van der Waals surface area contributed by atoms with Crippen LogP contribution in [-0.4, -0.2) is 31.1 Å². The van der Waals surface area contributed by atoms with Crippen molar-refractivity contribution in [2.75, 3.05) is 26.2 Å². The highest BCUT2D eigenvalue weighted by Crippen LogP contribution is 2.33. The second-order valence-corrected chi connectivity index (χ2v) is 5.59. The molecule has 1 aromatic rings. The van der Waals surface area contributed by atoms with Gasteiger partial charge in [-0.25, -0.2) is 0 Å². The molecular weight excluding hydrogens is 277 g/mol. The number of nitrogens with one attached hydrogen (secondary N) is 1. The van der Waals surface area contributed by atoms with Crippen LogP contribution < -0.4 is 5.32 Å². The Bertz CT molecular complexity index is 491. The van der Waals surface area contributed by atoms with Gasteiger partial charge in [0.15, 0.2) is 0 Å². The molecule has 1 aromatic carbocycles. The molecule has 0 saturated carbocycles. The number of hydrogen-bond acceptors (Lipinski definition) is 2. The summed E-state index contributed by atoms with van der Waals surface area (Å²) in [4.78, 5) is 2.24. The second-order valence-electron chi connectivity index (χ2n) is 5.59. The average molecular weight is 298 g/mol. The van der Waals surface area contributed by atoms with Crippen molar-refractivity contribution in [1.82, 2.24) is 10.2 Å². The lowest BCUT2D eigenvalue weighted by Crippen LogP contribution is -2.45. The lowest BCUT2D eigenvalue weighted by atomic mass is 9.96. The maximum atomic E-state index is 12.9. The number of hydrogen-bond donors (Lipinski definition) is 1. The molecule has 1 atom stereocenters. The van der Waals surface area contributed by atoms with E-state index >= 15 is 0 Å². The van der Waals surface area contributed by atoms with Crippen LogP contribution in [-0.2, 0) is 6.18 Å². The fourth-order valence-corrected chi connectivity index (χ4v) is 2.70. The predicted octanol–water partition coefficient (Wildman–Crippen LogP) is 3.62. The van der Waals surface area contributed by atoms with Crippen LogP contribution in [0, 0.1) is 0 Å². The van der Waals surface area contributed by atoms with Crippen molar-refractivity contribution in [1.29, 1.82) is 0 Å². The van der Waals surface area contributed by atoms with Gasteiger partial charge >= 0.3 is 6.18 Å². The second kappa shape index (κ2) is 6.62. The zero-order valence-electron chi connectivity index (χ0n) is 12.2. The molecule has 1 aliphatic heterocycles. The van der Waals surface area contributed by atoms with E-state index in [0.29, 0.717) is 6.42 Å². The first-order valence-corrected chi connectivity index (χ1v) is 7.14. The zero-order chi connectivity index (χ0) is 15.5. The Hall–Kier alpha value is -1.33. The number of halogens is 3. The summed E-state index contributed by atoms with van der Waals surface area (Å²) in [6, 6.07) is 5.64. The first-order valence-electron chi connectivity index (χ1n) is 7.14. The molecule has 1 heterocycles. The molecule has 0 unspecified atom stereocenters. The van der Waals surface area contributed by atoms with E-state index < -0.39 is 11.7 Å². The Labute approximate surface area is 123 Å². The molecule has 0 amide bonds. The molecule has 0 aromatic heterocycles. The third-order valence-corrected chi connectivity index (χ3v) is 3.73. The Balaban J connectivity index is 2.29. The van der Waals surface area contributed by atoms with Gasteiger partial charge in [0.2, 0.25) is 0 Å². The molecule has 5 heteroatoms. The number of alkyl halides is 3. The van der Waals surface area contributed by atoms with Crippen molar-refractivity contribution in [3.8, 4) is 0 Å². The van der Waals surface area contributed by atoms with Gasteiger partial charge in [0, 0.05) is 32.2 Å². The molecule has 1 aliphatic rings. The molecule has 2 nitrogen and oxygen atoms in total. The van der Waals surface area contributed by atoms with Gasteiger partial charge in [0.05, 0.1) is 5.56 Å². The van der Waals surface area contributed by atoms with Crippen molar-refractivity contribution in [3.63, 3.8) is 0 Å². The summed E-state index contributed by atoms with van der Waals surface area (Å²) in [7, 11) is 0. The number of benzene rings is 1. The van der Waals surface area contributed by atoms with Crippen molar-refractivity contribution in [3.05, 3.63) is 47.5 Å². The van der Waals surface area contributed by atoms with Crippen LogP contribution in [0.15, 0.2) is 36.4 Å². The summed E-state index contributed by atoms with van der Waals surface area (Å²) in [5.41, 5.74) is 1.12. The summed E-state index contributed by atoms with van der Waals surface area (Å²) >= 11 is 0. The summed E-state index contributed by atoms with van der Waals surface area (Å²) in [5.74, 6) is 0. The van der Waals surface area contributed by atoms with Crippen LogP contribution in [0.3, 0.4) is 0 Å². The number of nitrogens with zero attached hydrogens (tertiary/aromatic N) is 1. The highest BCUT2D eigenvalue weighted by atomic mass is 19.4. The van der Waals surface area contributed by atoms with Crippen molar-refractivity contribution in [2.24, 2.45) is 0 Å². The van der Waals surface area contributed by atoms with Gasteiger partial charge < -0.3 is 5.32 Å². The molecule has 1 saturated heterocycles. The first kappa shape index (κ1) is 16.0. The minimum absolute atomic E-state index is 0.0353. The molecule has 0 bridgehead atoms. The van der Waals surface area contributed by atoms with Gasteiger partial charge in [-0.3, -0.25) is 4.90 Å². The molecule has 1 N–H and O–H groups in total. The Morgan fingerprint density at radius 2 is 2.00 bits per heavy atom. The third kappa shape index (κ3) is 4.32. The van der Waals surface area contributed by atoms with Gasteiger partial charge in [-0.1, -0.05) is 17.7 Å². The molecule has 1 fully saturated rings. The average Bonchev–Trinajstić information content (AvgIpc) is 2.45. The molecule has 0 radical (unpaired) electrons. The predicted molar refractivity (Wildman–Crippen MR) is 78.1 cm³/mol. The van der Waals surface area contributed by atoms with Crippen molar-refractivity contribution in [2.45, 2.75) is 25.6 Å². The maximum Gasteiger partial charge on any atom is 0.416 e. The van der Waals surface area contributed by atoms with Crippen molar-refractivity contribution >= 4 is 0 Å². The van der Waals surface area contributed by atoms with Crippen LogP contribution in [0.5, 0.6) is 0 Å². The zero-order valence-corrected chi connectivity index (χ0v) is 12.2. The normalized spacial score (nSPS) is 18.5. The fraction of sp³-hybridized carbons (Fsp3) is 0.500. The van der Waals surface area contributed by atoms with Gasteiger partial charge in [0.1, 0.15) is 0 Å². The van der Waals surface area contributed by atoms with E-state index in [9.17, 15) is 13.2 Å². The molecule has 0 spiro atoms. The Morgan fingerprint density at radius 3 is 2.57 bits per heavy atom. The highest BCUT2D eigenvalue weighted by Gasteiger charge is 2.31. The van der Waals surface area contributed by atoms with E-state index in [1.807, 2.05) is 6.92 Å². The van der Waals surface area contributed by atoms with E-state index in [4.69, 9.17) is 0 Å². The van der Waals surface area contributed by atoms with Crippen LogP contribution in [0.1, 0.15) is 30.5 Å². The molecule has 116 valence electrons. The minimum Gasteiger partial charge on any atom is -0.314 e. The standard InChI is InChI=1S/C16H21F3N2/c1-12(2)10-15(21-8-6-20-7-9-21)13-4-3-5-14(11-13)16(17,18)19/h3-5,11,15,20H,1,6-10H2,2H3/t15-/m1/s1. The van der Waals surface area contributed by atoms with E-state index in [0.717, 1.165) is 43.4 Å². The smallest absolute Gasteiger partial charge is 0.314 e. The summed E-state index contributed by atoms with van der Waals surface area (Å²) in [5, 5.41) is 3.27. The summed E-state index contributed by atoms with van der Waals surface area (Å²) in [6.45, 7) is 9.26. The number of piperazine rings is 1. The van der Waals surface area contributed by atoms with Crippen LogP contribution >= 0.6 is 0 Å². The van der Waals surface area contributed by atoms with Gasteiger partial charge in [-0.2, -0.15) is 13.2 Å². The highest BCUT2D eigenvalue weighted by molar-refractivity contribution is 5.29. The SMILES string of the molecule is C=C(C)C[C@H](c1cccc(C(F)(F)F)c1)N1CCNCC1. The monoisotopic (exact) mass is 298 g/mol. The Kier molecular flexibility index (Phi) is 5.06. The topological polar surface area (TPSA) is 15.3 Å². The van der Waals surface area contributed by atoms with Crippen LogP contribution in [0.2, 0.25) is 0 Å². The van der Waals surface area contributed by atoms with Crippen LogP contribution in [0.25, 0.3) is 0 Å². The van der Waals surface area contributed by atoms with Gasteiger partial charge in [-0.15, -0.1) is 6.58 Å². The summed E-state index contributed by atoms with van der Waals surface area (Å²) in [6.07, 6.45) is -3.62. The minimum atomic E-state index is -4.30. The lowest BCUT2D eigenvalue weighted by Gasteiger charge is -2.35. The van der Waals surface area contributed by atoms with Crippen LogP contribution in [0.4, 0.5) is 13.2 Å². The van der Waals surface area contributed by atoms with Gasteiger partial charge in [-0.05, 0) is 31.0 Å². The molecular formula is C16H21F3N2. The van der Waals surface area contributed by atoms with E-state index in [-0.39, 0.29) is 6.04 Å². The lowest BCUT2D eigenvalue weighted by molar-refractivity contribution is -0.137. The Morgan fingerprint density at radius 1 is 1.33 bits per heavy atom. The molecule has 0 aliphatic carbocycles. The molecule has 2 rings (SSSR count). The van der Waals surface area contributed by atoms with Crippen molar-refractivity contribution < 1.29 is 13.2 Å². The third-order valence-electron chi connectivity index (χ3n) is 3.73. The first-order chi connectivity index (χ1) is 9.88. The fourth-order valence-electron chi connectivity index (χ4n) is 2.70. The summed E-state index contributed by atoms with van der Waals surface area (Å²) < 4.78 is 38.7. The quantitative estimate of drug-likeness (QED) is 0.854. The largest absolute Gasteiger partial charge is 0.416 e. The number of rotatable bonds is 4. The van der Waals surface area contributed by atoms with E-state index in [1.165, 1.54) is 12.1 Å². The maximum absolute atomic E-state index is 12.9.